The highest BCUT2D eigenvalue weighted by Gasteiger charge is 2.18. The van der Waals surface area contributed by atoms with E-state index in [1.807, 2.05) is 20.9 Å². The molecule has 7 nitrogen and oxygen atoms in total. The van der Waals surface area contributed by atoms with Crippen molar-refractivity contribution in [2.75, 3.05) is 23.2 Å². The fourth-order valence-electron chi connectivity index (χ4n) is 1.85. The van der Waals surface area contributed by atoms with E-state index in [9.17, 15) is 4.55 Å². The minimum absolute atomic E-state index is 0.0382. The van der Waals surface area contributed by atoms with Crippen molar-refractivity contribution in [2.45, 2.75) is 18.7 Å². The third-order valence-electron chi connectivity index (χ3n) is 3.07. The molecular weight excluding hydrogens is 290 g/mol. The van der Waals surface area contributed by atoms with E-state index in [4.69, 9.17) is 5.11 Å². The van der Waals surface area contributed by atoms with Gasteiger partial charge >= 0.3 is 0 Å². The van der Waals surface area contributed by atoms with Gasteiger partial charge in [0.1, 0.15) is 22.9 Å². The molecule has 2 heterocycles. The maximum atomic E-state index is 12.3. The van der Waals surface area contributed by atoms with Crippen molar-refractivity contribution >= 4 is 22.9 Å². The van der Waals surface area contributed by atoms with E-state index in [1.165, 1.54) is 0 Å². The van der Waals surface area contributed by atoms with Crippen LogP contribution in [0.4, 0.5) is 11.5 Å². The Morgan fingerprint density at radius 1 is 1.38 bits per heavy atom. The van der Waals surface area contributed by atoms with Gasteiger partial charge in [-0.05, 0) is 19.9 Å². The SMILES string of the molecule is Cc1nn(C)c(C)c1N[S+]([O-])c1ccc(NCCO)nc1. The van der Waals surface area contributed by atoms with Gasteiger partial charge in [-0.15, -0.1) is 0 Å². The lowest BCUT2D eigenvalue weighted by atomic mass is 10.3. The van der Waals surface area contributed by atoms with Gasteiger partial charge in [-0.2, -0.15) is 9.82 Å². The summed E-state index contributed by atoms with van der Waals surface area (Å²) in [5.41, 5.74) is 2.51. The second-order valence-electron chi connectivity index (χ2n) is 4.57. The maximum absolute atomic E-state index is 12.3. The molecule has 8 heteroatoms. The van der Waals surface area contributed by atoms with Crippen molar-refractivity contribution in [3.8, 4) is 0 Å². The molecule has 0 aliphatic heterocycles. The van der Waals surface area contributed by atoms with Crippen LogP contribution in [0.3, 0.4) is 0 Å². The monoisotopic (exact) mass is 309 g/mol. The molecule has 1 atom stereocenters. The number of anilines is 2. The molecule has 0 aliphatic carbocycles. The van der Waals surface area contributed by atoms with Crippen LogP contribution in [0.5, 0.6) is 0 Å². The van der Waals surface area contributed by atoms with Crippen LogP contribution in [0.15, 0.2) is 23.2 Å². The predicted molar refractivity (Wildman–Crippen MR) is 82.5 cm³/mol. The van der Waals surface area contributed by atoms with Gasteiger partial charge in [0, 0.05) is 19.7 Å². The van der Waals surface area contributed by atoms with Crippen LogP contribution in [0.1, 0.15) is 11.4 Å². The Labute approximate surface area is 126 Å². The molecule has 2 rings (SSSR count). The first-order valence-electron chi connectivity index (χ1n) is 6.52. The normalized spacial score (nSPS) is 12.2. The smallest absolute Gasteiger partial charge is 0.198 e. The van der Waals surface area contributed by atoms with Gasteiger partial charge < -0.3 is 15.0 Å². The van der Waals surface area contributed by atoms with Gasteiger partial charge in [-0.3, -0.25) is 4.68 Å². The molecule has 0 spiro atoms. The highest BCUT2D eigenvalue weighted by Crippen LogP contribution is 2.22. The summed E-state index contributed by atoms with van der Waals surface area (Å²) in [5.74, 6) is 0.638. The first kappa shape index (κ1) is 15.6. The lowest BCUT2D eigenvalue weighted by Crippen LogP contribution is -2.15. The van der Waals surface area contributed by atoms with Gasteiger partial charge in [0.2, 0.25) is 0 Å². The predicted octanol–water partition coefficient (Wildman–Crippen LogP) is 0.971. The average molecular weight is 309 g/mol. The summed E-state index contributed by atoms with van der Waals surface area (Å²) in [6.07, 6.45) is 1.55. The van der Waals surface area contributed by atoms with Gasteiger partial charge in [0.05, 0.1) is 24.2 Å². The number of aromatic nitrogens is 3. The Hall–Kier alpha value is -1.77. The molecule has 0 fully saturated rings. The highest BCUT2D eigenvalue weighted by molar-refractivity contribution is 7.92. The summed E-state index contributed by atoms with van der Waals surface area (Å²) in [6.45, 7) is 4.25. The minimum atomic E-state index is -1.40. The van der Waals surface area contributed by atoms with E-state index in [0.29, 0.717) is 17.3 Å². The third kappa shape index (κ3) is 3.66. The Morgan fingerprint density at radius 3 is 2.67 bits per heavy atom. The van der Waals surface area contributed by atoms with Crippen molar-refractivity contribution in [2.24, 2.45) is 7.05 Å². The number of pyridine rings is 1. The molecule has 0 bridgehead atoms. The topological polar surface area (TPSA) is 98.1 Å². The number of hydrogen-bond acceptors (Lipinski definition) is 6. The zero-order valence-electron chi connectivity index (χ0n) is 12.3. The molecule has 2 aromatic heterocycles. The van der Waals surface area contributed by atoms with E-state index in [2.05, 4.69) is 20.1 Å². The number of nitrogens with zero attached hydrogens (tertiary/aromatic N) is 3. The number of rotatable bonds is 6. The standard InChI is InChI=1S/C13H19N5O2S/c1-9-13(10(2)18(3)16-9)17-21(20)11-4-5-12(15-8-11)14-6-7-19/h4-5,8,17,19H,6-7H2,1-3H3,(H,14,15). The van der Waals surface area contributed by atoms with Crippen molar-refractivity contribution in [1.29, 1.82) is 0 Å². The number of aliphatic hydroxyl groups excluding tert-OH is 1. The summed E-state index contributed by atoms with van der Waals surface area (Å²) in [6, 6.07) is 3.46. The van der Waals surface area contributed by atoms with E-state index in [0.717, 1.165) is 17.1 Å². The number of hydrogen-bond donors (Lipinski definition) is 3. The maximum Gasteiger partial charge on any atom is 0.198 e. The molecule has 0 radical (unpaired) electrons. The number of nitrogens with one attached hydrogen (secondary N) is 2. The van der Waals surface area contributed by atoms with Crippen LogP contribution in [0, 0.1) is 13.8 Å². The van der Waals surface area contributed by atoms with E-state index in [-0.39, 0.29) is 6.61 Å². The second kappa shape index (κ2) is 6.79. The van der Waals surface area contributed by atoms with E-state index < -0.39 is 11.4 Å². The van der Waals surface area contributed by atoms with Crippen molar-refractivity contribution in [3.63, 3.8) is 0 Å². The van der Waals surface area contributed by atoms with Crippen LogP contribution in [0.25, 0.3) is 0 Å². The lowest BCUT2D eigenvalue weighted by molar-refractivity contribution is 0.311. The Kier molecular flexibility index (Phi) is 5.05. The Balaban J connectivity index is 2.07. The second-order valence-corrected chi connectivity index (χ2v) is 5.78. The lowest BCUT2D eigenvalue weighted by Gasteiger charge is -2.12. The molecule has 0 aliphatic rings. The molecule has 1 unspecified atom stereocenters. The summed E-state index contributed by atoms with van der Waals surface area (Å²) < 4.78 is 17.0. The molecule has 21 heavy (non-hydrogen) atoms. The summed E-state index contributed by atoms with van der Waals surface area (Å²) in [4.78, 5) is 4.73. The average Bonchev–Trinajstić information content (AvgIpc) is 2.72. The van der Waals surface area contributed by atoms with Crippen LogP contribution >= 0.6 is 0 Å². The fraction of sp³-hybridized carbons (Fsp3) is 0.385. The van der Waals surface area contributed by atoms with Crippen LogP contribution in [0.2, 0.25) is 0 Å². The summed E-state index contributed by atoms with van der Waals surface area (Å²) >= 11 is -1.40. The zero-order chi connectivity index (χ0) is 15.4. The first-order valence-corrected chi connectivity index (χ1v) is 7.67. The van der Waals surface area contributed by atoms with Crippen molar-refractivity contribution < 1.29 is 9.66 Å². The quantitative estimate of drug-likeness (QED) is 0.688. The van der Waals surface area contributed by atoms with E-state index in [1.54, 1.807) is 23.0 Å². The largest absolute Gasteiger partial charge is 0.588 e. The fourth-order valence-corrected chi connectivity index (χ4v) is 2.79. The van der Waals surface area contributed by atoms with Crippen LogP contribution in [-0.4, -0.2) is 37.6 Å². The summed E-state index contributed by atoms with van der Waals surface area (Å²) in [7, 11) is 1.85. The molecule has 0 saturated carbocycles. The zero-order valence-corrected chi connectivity index (χ0v) is 13.1. The summed E-state index contributed by atoms with van der Waals surface area (Å²) in [5, 5.41) is 15.9. The molecule has 0 amide bonds. The number of aliphatic hydroxyl groups is 1. The molecule has 2 aromatic rings. The van der Waals surface area contributed by atoms with E-state index >= 15 is 0 Å². The molecule has 3 N–H and O–H groups in total. The third-order valence-corrected chi connectivity index (χ3v) is 4.13. The van der Waals surface area contributed by atoms with Gasteiger partial charge in [0.25, 0.3) is 0 Å². The minimum Gasteiger partial charge on any atom is -0.588 e. The Morgan fingerprint density at radius 2 is 2.14 bits per heavy atom. The molecule has 0 saturated heterocycles. The molecular formula is C13H19N5O2S. The highest BCUT2D eigenvalue weighted by atomic mass is 32.2. The first-order chi connectivity index (χ1) is 10.0. The number of aryl methyl sites for hydroxylation is 2. The van der Waals surface area contributed by atoms with Gasteiger partial charge in [0.15, 0.2) is 4.90 Å². The van der Waals surface area contributed by atoms with Gasteiger partial charge in [-0.1, -0.05) is 0 Å². The van der Waals surface area contributed by atoms with Crippen molar-refractivity contribution in [3.05, 3.63) is 29.7 Å². The van der Waals surface area contributed by atoms with Crippen molar-refractivity contribution in [1.82, 2.24) is 14.8 Å². The van der Waals surface area contributed by atoms with Crippen LogP contribution in [-0.2, 0) is 18.4 Å². The van der Waals surface area contributed by atoms with Crippen LogP contribution < -0.4 is 10.0 Å². The molecule has 114 valence electrons. The Bertz CT molecular complexity index is 599. The van der Waals surface area contributed by atoms with Gasteiger partial charge in [-0.25, -0.2) is 4.98 Å². The molecule has 0 aromatic carbocycles.